The summed E-state index contributed by atoms with van der Waals surface area (Å²) in [4.78, 5) is 8.05. The van der Waals surface area contributed by atoms with Crippen molar-refractivity contribution in [1.82, 2.24) is 9.97 Å². The molecule has 0 atom stereocenters. The minimum atomic E-state index is 0.0541. The Morgan fingerprint density at radius 2 is 1.11 bits per heavy atom. The van der Waals surface area contributed by atoms with Gasteiger partial charge in [0.1, 0.15) is 0 Å². The van der Waals surface area contributed by atoms with Gasteiger partial charge in [-0.15, -0.1) is 10.2 Å². The minimum absolute atomic E-state index is 0.0541. The Morgan fingerprint density at radius 1 is 0.704 bits per heavy atom. The number of benzene rings is 2. The van der Waals surface area contributed by atoms with Crippen LogP contribution in [0.1, 0.15) is 11.1 Å². The van der Waals surface area contributed by atoms with Crippen molar-refractivity contribution >= 4 is 40.8 Å². The molecule has 0 aliphatic heterocycles. The lowest BCUT2D eigenvalue weighted by Crippen LogP contribution is -1.93. The summed E-state index contributed by atoms with van der Waals surface area (Å²) < 4.78 is 0. The Morgan fingerprint density at radius 3 is 1.52 bits per heavy atom. The molecule has 0 fully saturated rings. The number of azo groups is 2. The zero-order chi connectivity index (χ0) is 19.1. The quantitative estimate of drug-likeness (QED) is 0.519. The monoisotopic (exact) mass is 399 g/mol. The Labute approximate surface area is 166 Å². The van der Waals surface area contributed by atoms with Crippen LogP contribution in [-0.4, -0.2) is 9.97 Å². The molecular formula is C18H15Cl2N7. The normalized spacial score (nSPS) is 11.5. The van der Waals surface area contributed by atoms with E-state index >= 15 is 0 Å². The van der Waals surface area contributed by atoms with E-state index in [9.17, 15) is 0 Å². The van der Waals surface area contributed by atoms with Gasteiger partial charge in [0.2, 0.25) is 5.95 Å². The maximum absolute atomic E-state index is 5.85. The molecule has 27 heavy (non-hydrogen) atoms. The zero-order valence-corrected chi connectivity index (χ0v) is 15.6. The molecule has 136 valence electrons. The smallest absolute Gasteiger partial charge is 0.224 e. The highest BCUT2D eigenvalue weighted by Gasteiger charge is 2.01. The highest BCUT2D eigenvalue weighted by molar-refractivity contribution is 6.30. The van der Waals surface area contributed by atoms with Crippen LogP contribution in [0.4, 0.5) is 17.6 Å². The third kappa shape index (κ3) is 6.09. The Bertz CT molecular complexity index is 879. The van der Waals surface area contributed by atoms with Crippen LogP contribution in [0.25, 0.3) is 0 Å². The van der Waals surface area contributed by atoms with E-state index in [4.69, 9.17) is 28.9 Å². The van der Waals surface area contributed by atoms with Crippen LogP contribution in [0.5, 0.6) is 0 Å². The number of nitrogen functional groups attached to an aromatic ring is 1. The number of nitrogens with zero attached hydrogens (tertiary/aromatic N) is 6. The van der Waals surface area contributed by atoms with Crippen LogP contribution < -0.4 is 5.73 Å². The van der Waals surface area contributed by atoms with Crippen molar-refractivity contribution in [3.05, 3.63) is 75.8 Å². The Kier molecular flexibility index (Phi) is 6.40. The second kappa shape index (κ2) is 9.16. The molecule has 3 aromatic rings. The molecule has 9 heteroatoms. The van der Waals surface area contributed by atoms with Gasteiger partial charge >= 0.3 is 0 Å². The number of rotatable bonds is 6. The van der Waals surface area contributed by atoms with Crippen molar-refractivity contribution in [1.29, 1.82) is 0 Å². The van der Waals surface area contributed by atoms with Gasteiger partial charge in [0.25, 0.3) is 0 Å². The predicted molar refractivity (Wildman–Crippen MR) is 106 cm³/mol. The predicted octanol–water partition coefficient (Wildman–Crippen LogP) is 5.93. The van der Waals surface area contributed by atoms with Gasteiger partial charge in [0.15, 0.2) is 11.6 Å². The molecular weight excluding hydrogens is 385 g/mol. The molecule has 2 aromatic carbocycles. The third-order valence-electron chi connectivity index (χ3n) is 3.40. The maximum Gasteiger partial charge on any atom is 0.224 e. The van der Waals surface area contributed by atoms with Gasteiger partial charge in [-0.1, -0.05) is 47.5 Å². The first-order chi connectivity index (χ1) is 13.1. The number of anilines is 1. The van der Waals surface area contributed by atoms with Crippen LogP contribution in [0.15, 0.2) is 75.1 Å². The number of nitrogens with two attached hydrogens (primary N) is 1. The molecule has 7 nitrogen and oxygen atoms in total. The van der Waals surface area contributed by atoms with E-state index in [2.05, 4.69) is 30.4 Å². The van der Waals surface area contributed by atoms with Gasteiger partial charge in [-0.3, -0.25) is 0 Å². The SMILES string of the molecule is Nc1nc(N=NCc2ccc(Cl)cc2)cc(N=NCc2ccc(Cl)cc2)n1. The van der Waals surface area contributed by atoms with Gasteiger partial charge in [0, 0.05) is 16.1 Å². The van der Waals surface area contributed by atoms with E-state index in [1.165, 1.54) is 0 Å². The van der Waals surface area contributed by atoms with Crippen LogP contribution in [-0.2, 0) is 13.1 Å². The van der Waals surface area contributed by atoms with E-state index in [-0.39, 0.29) is 5.95 Å². The molecule has 0 aliphatic carbocycles. The van der Waals surface area contributed by atoms with Crippen LogP contribution in [0.3, 0.4) is 0 Å². The molecule has 0 bridgehead atoms. The molecule has 0 spiro atoms. The second-order valence-corrected chi connectivity index (χ2v) is 6.37. The molecule has 0 saturated carbocycles. The lowest BCUT2D eigenvalue weighted by molar-refractivity contribution is 0.928. The fourth-order valence-electron chi connectivity index (χ4n) is 2.10. The number of halogens is 2. The van der Waals surface area contributed by atoms with E-state index in [1.807, 2.05) is 24.3 Å². The topological polar surface area (TPSA) is 101 Å². The average Bonchev–Trinajstić information content (AvgIpc) is 2.65. The largest absolute Gasteiger partial charge is 0.368 e. The first kappa shape index (κ1) is 18.9. The summed E-state index contributed by atoms with van der Waals surface area (Å²) in [5, 5.41) is 17.7. The molecule has 3 rings (SSSR count). The van der Waals surface area contributed by atoms with Crippen molar-refractivity contribution in [2.75, 3.05) is 5.73 Å². The number of hydrogen-bond donors (Lipinski definition) is 1. The third-order valence-corrected chi connectivity index (χ3v) is 3.90. The average molecular weight is 400 g/mol. The van der Waals surface area contributed by atoms with Gasteiger partial charge in [-0.05, 0) is 35.4 Å². The van der Waals surface area contributed by atoms with Crippen molar-refractivity contribution in [3.8, 4) is 0 Å². The maximum atomic E-state index is 5.85. The van der Waals surface area contributed by atoms with E-state index in [0.717, 1.165) is 11.1 Å². The van der Waals surface area contributed by atoms with E-state index in [1.54, 1.807) is 30.3 Å². The summed E-state index contributed by atoms with van der Waals surface area (Å²) in [7, 11) is 0. The zero-order valence-electron chi connectivity index (χ0n) is 14.1. The van der Waals surface area contributed by atoms with Crippen LogP contribution >= 0.6 is 23.2 Å². The summed E-state index contributed by atoms with van der Waals surface area (Å²) in [6.45, 7) is 0.795. The van der Waals surface area contributed by atoms with Crippen LogP contribution in [0.2, 0.25) is 10.0 Å². The van der Waals surface area contributed by atoms with Crippen molar-refractivity contribution in [3.63, 3.8) is 0 Å². The molecule has 0 aliphatic rings. The van der Waals surface area contributed by atoms with Gasteiger partial charge in [-0.2, -0.15) is 20.2 Å². The molecule has 2 N–H and O–H groups in total. The summed E-state index contributed by atoms with van der Waals surface area (Å²) in [6.07, 6.45) is 0. The number of aromatic nitrogens is 2. The van der Waals surface area contributed by atoms with E-state index in [0.29, 0.717) is 34.8 Å². The highest BCUT2D eigenvalue weighted by atomic mass is 35.5. The Balaban J connectivity index is 1.64. The summed E-state index contributed by atoms with van der Waals surface area (Å²) in [5.41, 5.74) is 7.66. The summed E-state index contributed by atoms with van der Waals surface area (Å²) in [5.74, 6) is 0.687. The summed E-state index contributed by atoms with van der Waals surface area (Å²) in [6, 6.07) is 16.3. The number of hydrogen-bond acceptors (Lipinski definition) is 7. The van der Waals surface area contributed by atoms with Crippen molar-refractivity contribution < 1.29 is 0 Å². The Hall–Kier alpha value is -2.90. The molecule has 0 unspecified atom stereocenters. The molecule has 1 heterocycles. The second-order valence-electron chi connectivity index (χ2n) is 5.49. The van der Waals surface area contributed by atoms with Gasteiger partial charge in [0.05, 0.1) is 13.1 Å². The fourth-order valence-corrected chi connectivity index (χ4v) is 2.35. The fraction of sp³-hybridized carbons (Fsp3) is 0.111. The van der Waals surface area contributed by atoms with Gasteiger partial charge < -0.3 is 5.73 Å². The minimum Gasteiger partial charge on any atom is -0.368 e. The lowest BCUT2D eigenvalue weighted by atomic mass is 10.2. The van der Waals surface area contributed by atoms with Crippen molar-refractivity contribution in [2.45, 2.75) is 13.1 Å². The standard InChI is InChI=1S/C18H15Cl2N7/c19-14-5-1-12(2-6-14)10-22-26-16-9-17(25-18(21)24-16)27-23-11-13-3-7-15(20)8-4-13/h1-9H,10-11H2,(H2,21,24,25). The van der Waals surface area contributed by atoms with Crippen LogP contribution in [0, 0.1) is 0 Å². The molecule has 0 amide bonds. The van der Waals surface area contributed by atoms with Crippen molar-refractivity contribution in [2.24, 2.45) is 20.5 Å². The lowest BCUT2D eigenvalue weighted by Gasteiger charge is -1.99. The molecule has 1 aromatic heterocycles. The van der Waals surface area contributed by atoms with E-state index < -0.39 is 0 Å². The summed E-state index contributed by atoms with van der Waals surface area (Å²) >= 11 is 11.7. The highest BCUT2D eigenvalue weighted by Crippen LogP contribution is 2.20. The molecule has 0 radical (unpaired) electrons. The first-order valence-corrected chi connectivity index (χ1v) is 8.72. The first-order valence-electron chi connectivity index (χ1n) is 7.97. The molecule has 0 saturated heterocycles. The van der Waals surface area contributed by atoms with Gasteiger partial charge in [-0.25, -0.2) is 0 Å².